The number of nitrogens with one attached hydrogen (secondary N) is 1. The standard InChI is InChI=1S/C13H28N2O/c1-11(12(2,3)16)14-10-13(4)6-8-15(5)9-7-13/h11,14,16H,6-10H2,1-5H3. The molecule has 1 rings (SSSR count). The summed E-state index contributed by atoms with van der Waals surface area (Å²) in [5, 5.41) is 13.4. The lowest BCUT2D eigenvalue weighted by Crippen LogP contribution is -2.50. The van der Waals surface area contributed by atoms with Crippen molar-refractivity contribution in [1.29, 1.82) is 0 Å². The molecule has 0 aromatic carbocycles. The van der Waals surface area contributed by atoms with E-state index < -0.39 is 5.60 Å². The summed E-state index contributed by atoms with van der Waals surface area (Å²) in [5.41, 5.74) is -0.242. The van der Waals surface area contributed by atoms with Crippen LogP contribution < -0.4 is 5.32 Å². The Hall–Kier alpha value is -0.120. The lowest BCUT2D eigenvalue weighted by Gasteiger charge is -2.40. The molecule has 3 heteroatoms. The first-order chi connectivity index (χ1) is 7.23. The highest BCUT2D eigenvalue weighted by atomic mass is 16.3. The molecule has 1 fully saturated rings. The van der Waals surface area contributed by atoms with E-state index in [1.165, 1.54) is 25.9 Å². The van der Waals surface area contributed by atoms with Gasteiger partial charge in [0.1, 0.15) is 0 Å². The predicted molar refractivity (Wildman–Crippen MR) is 68.6 cm³/mol. The number of rotatable bonds is 4. The molecule has 96 valence electrons. The van der Waals surface area contributed by atoms with E-state index in [0.29, 0.717) is 5.41 Å². The topological polar surface area (TPSA) is 35.5 Å². The van der Waals surface area contributed by atoms with Gasteiger partial charge in [0.15, 0.2) is 0 Å². The Labute approximate surface area is 100 Å². The van der Waals surface area contributed by atoms with Crippen LogP contribution in [0.15, 0.2) is 0 Å². The Morgan fingerprint density at radius 3 is 2.31 bits per heavy atom. The van der Waals surface area contributed by atoms with Crippen molar-refractivity contribution in [2.45, 2.75) is 52.2 Å². The zero-order chi connectivity index (χ0) is 12.4. The minimum Gasteiger partial charge on any atom is -0.389 e. The van der Waals surface area contributed by atoms with Crippen LogP contribution in [0.1, 0.15) is 40.5 Å². The van der Waals surface area contributed by atoms with Crippen LogP contribution in [0.4, 0.5) is 0 Å². The van der Waals surface area contributed by atoms with Crippen LogP contribution in [-0.2, 0) is 0 Å². The number of aliphatic hydroxyl groups is 1. The van der Waals surface area contributed by atoms with Crippen LogP contribution in [-0.4, -0.2) is 48.3 Å². The van der Waals surface area contributed by atoms with Gasteiger partial charge in [-0.2, -0.15) is 0 Å². The van der Waals surface area contributed by atoms with Crippen molar-refractivity contribution in [2.75, 3.05) is 26.7 Å². The molecule has 1 unspecified atom stereocenters. The van der Waals surface area contributed by atoms with Gasteiger partial charge in [0.25, 0.3) is 0 Å². The van der Waals surface area contributed by atoms with E-state index in [-0.39, 0.29) is 6.04 Å². The van der Waals surface area contributed by atoms with Crippen LogP contribution >= 0.6 is 0 Å². The fourth-order valence-electron chi connectivity index (χ4n) is 1.98. The van der Waals surface area contributed by atoms with Gasteiger partial charge in [0.05, 0.1) is 5.60 Å². The highest BCUT2D eigenvalue weighted by Gasteiger charge is 2.30. The minimum absolute atomic E-state index is 0.143. The molecule has 1 aliphatic rings. The van der Waals surface area contributed by atoms with Crippen molar-refractivity contribution >= 4 is 0 Å². The Kier molecular flexibility index (Phi) is 4.38. The van der Waals surface area contributed by atoms with Crippen molar-refractivity contribution in [2.24, 2.45) is 5.41 Å². The molecule has 0 amide bonds. The third kappa shape index (κ3) is 4.04. The van der Waals surface area contributed by atoms with Crippen molar-refractivity contribution < 1.29 is 5.11 Å². The molecule has 0 radical (unpaired) electrons. The predicted octanol–water partition coefficient (Wildman–Crippen LogP) is 1.47. The summed E-state index contributed by atoms with van der Waals surface area (Å²) in [6.07, 6.45) is 2.49. The molecule has 1 heterocycles. The van der Waals surface area contributed by atoms with Gasteiger partial charge in [-0.25, -0.2) is 0 Å². The summed E-state index contributed by atoms with van der Waals surface area (Å²) in [5.74, 6) is 0. The first kappa shape index (κ1) is 13.9. The molecule has 0 aromatic rings. The molecule has 0 aliphatic carbocycles. The lowest BCUT2D eigenvalue weighted by molar-refractivity contribution is 0.0357. The molecule has 1 aliphatic heterocycles. The summed E-state index contributed by atoms with van der Waals surface area (Å²) in [6, 6.07) is 0.143. The van der Waals surface area contributed by atoms with E-state index in [2.05, 4.69) is 31.1 Å². The molecule has 2 N–H and O–H groups in total. The maximum Gasteiger partial charge on any atom is 0.0741 e. The van der Waals surface area contributed by atoms with Crippen molar-refractivity contribution in [3.8, 4) is 0 Å². The molecular weight excluding hydrogens is 200 g/mol. The van der Waals surface area contributed by atoms with Gasteiger partial charge in [-0.3, -0.25) is 0 Å². The van der Waals surface area contributed by atoms with E-state index in [0.717, 1.165) is 6.54 Å². The fourth-order valence-corrected chi connectivity index (χ4v) is 1.98. The van der Waals surface area contributed by atoms with E-state index in [1.807, 2.05) is 13.8 Å². The Bertz CT molecular complexity index is 214. The van der Waals surface area contributed by atoms with Crippen molar-refractivity contribution in [3.05, 3.63) is 0 Å². The SMILES string of the molecule is CC(NCC1(C)CCN(C)CC1)C(C)(C)O. The number of hydrogen-bond acceptors (Lipinski definition) is 3. The summed E-state index contributed by atoms with van der Waals surface area (Å²) < 4.78 is 0. The Morgan fingerprint density at radius 1 is 1.38 bits per heavy atom. The molecule has 0 spiro atoms. The van der Waals surface area contributed by atoms with Gasteiger partial charge in [-0.05, 0) is 59.2 Å². The molecule has 0 aromatic heterocycles. The summed E-state index contributed by atoms with van der Waals surface area (Å²) in [4.78, 5) is 2.39. The van der Waals surface area contributed by atoms with Gasteiger partial charge >= 0.3 is 0 Å². The Morgan fingerprint density at radius 2 is 1.88 bits per heavy atom. The van der Waals surface area contributed by atoms with E-state index in [9.17, 15) is 5.11 Å². The van der Waals surface area contributed by atoms with Crippen molar-refractivity contribution in [1.82, 2.24) is 10.2 Å². The second kappa shape index (κ2) is 5.03. The molecule has 1 saturated heterocycles. The number of hydrogen-bond donors (Lipinski definition) is 2. The van der Waals surface area contributed by atoms with E-state index in [1.54, 1.807) is 0 Å². The van der Waals surface area contributed by atoms with E-state index in [4.69, 9.17) is 0 Å². The van der Waals surface area contributed by atoms with Gasteiger partial charge in [-0.1, -0.05) is 6.92 Å². The third-order valence-electron chi connectivity index (χ3n) is 4.09. The average molecular weight is 228 g/mol. The maximum absolute atomic E-state index is 9.87. The summed E-state index contributed by atoms with van der Waals surface area (Å²) >= 11 is 0. The van der Waals surface area contributed by atoms with Gasteiger partial charge in [0, 0.05) is 12.6 Å². The van der Waals surface area contributed by atoms with Crippen LogP contribution in [0.5, 0.6) is 0 Å². The summed E-state index contributed by atoms with van der Waals surface area (Å²) in [7, 11) is 2.19. The van der Waals surface area contributed by atoms with Crippen LogP contribution in [0.2, 0.25) is 0 Å². The third-order valence-corrected chi connectivity index (χ3v) is 4.09. The number of nitrogens with zero attached hydrogens (tertiary/aromatic N) is 1. The van der Waals surface area contributed by atoms with Crippen LogP contribution in [0.3, 0.4) is 0 Å². The van der Waals surface area contributed by atoms with Crippen LogP contribution in [0.25, 0.3) is 0 Å². The lowest BCUT2D eigenvalue weighted by atomic mass is 9.80. The first-order valence-corrected chi connectivity index (χ1v) is 6.37. The first-order valence-electron chi connectivity index (χ1n) is 6.37. The average Bonchev–Trinajstić information content (AvgIpc) is 2.18. The number of likely N-dealkylation sites (tertiary alicyclic amines) is 1. The quantitative estimate of drug-likeness (QED) is 0.765. The molecule has 16 heavy (non-hydrogen) atoms. The minimum atomic E-state index is -0.637. The zero-order valence-electron chi connectivity index (χ0n) is 11.5. The molecule has 3 nitrogen and oxygen atoms in total. The number of piperidine rings is 1. The zero-order valence-corrected chi connectivity index (χ0v) is 11.5. The second-order valence-corrected chi connectivity index (χ2v) is 6.37. The Balaban J connectivity index is 2.37. The largest absolute Gasteiger partial charge is 0.389 e. The molecular formula is C13H28N2O. The van der Waals surface area contributed by atoms with Gasteiger partial charge in [0.2, 0.25) is 0 Å². The van der Waals surface area contributed by atoms with Gasteiger partial charge < -0.3 is 15.3 Å². The smallest absolute Gasteiger partial charge is 0.0741 e. The fraction of sp³-hybridized carbons (Fsp3) is 1.00. The highest BCUT2D eigenvalue weighted by molar-refractivity contribution is 4.87. The highest BCUT2D eigenvalue weighted by Crippen LogP contribution is 2.29. The van der Waals surface area contributed by atoms with Crippen LogP contribution in [0, 0.1) is 5.41 Å². The normalized spacial score (nSPS) is 24.4. The molecule has 1 atom stereocenters. The monoisotopic (exact) mass is 228 g/mol. The van der Waals surface area contributed by atoms with E-state index >= 15 is 0 Å². The maximum atomic E-state index is 9.87. The summed E-state index contributed by atoms with van der Waals surface area (Å²) in [6.45, 7) is 11.5. The van der Waals surface area contributed by atoms with Crippen molar-refractivity contribution in [3.63, 3.8) is 0 Å². The molecule has 0 saturated carbocycles. The molecule has 0 bridgehead atoms. The van der Waals surface area contributed by atoms with Gasteiger partial charge in [-0.15, -0.1) is 0 Å². The second-order valence-electron chi connectivity index (χ2n) is 6.37.